The molecule has 0 aromatic heterocycles. The normalized spacial score (nSPS) is 10.7. The van der Waals surface area contributed by atoms with Crippen molar-refractivity contribution in [2.45, 2.75) is 46.5 Å². The number of anilines is 1. The van der Waals surface area contributed by atoms with Crippen molar-refractivity contribution >= 4 is 17.4 Å². The van der Waals surface area contributed by atoms with Gasteiger partial charge in [0.25, 0.3) is 0 Å². The summed E-state index contributed by atoms with van der Waals surface area (Å²) in [6.45, 7) is 8.24. The molecule has 0 spiro atoms. The topological polar surface area (TPSA) is 55.4 Å². The van der Waals surface area contributed by atoms with Gasteiger partial charge in [-0.15, -0.1) is 0 Å². The number of ketones is 1. The summed E-state index contributed by atoms with van der Waals surface area (Å²) in [5.74, 6) is 1.09. The van der Waals surface area contributed by atoms with Gasteiger partial charge < -0.3 is 10.1 Å². The summed E-state index contributed by atoms with van der Waals surface area (Å²) in [5.41, 5.74) is 3.82. The molecule has 4 heteroatoms. The summed E-state index contributed by atoms with van der Waals surface area (Å²) in [6, 6.07) is 13.1. The maximum atomic E-state index is 12.3. The van der Waals surface area contributed by atoms with Crippen LogP contribution in [0.4, 0.5) is 5.69 Å². The number of nitrogens with one attached hydrogen (secondary N) is 1. The van der Waals surface area contributed by atoms with E-state index in [1.165, 1.54) is 6.92 Å². The fraction of sp³-hybridized carbons (Fsp3) is 0.364. The third-order valence-electron chi connectivity index (χ3n) is 4.27. The van der Waals surface area contributed by atoms with Crippen molar-refractivity contribution in [2.75, 3.05) is 11.9 Å². The molecule has 0 radical (unpaired) electrons. The van der Waals surface area contributed by atoms with E-state index < -0.39 is 0 Å². The van der Waals surface area contributed by atoms with Crippen molar-refractivity contribution in [1.82, 2.24) is 0 Å². The van der Waals surface area contributed by atoms with Crippen LogP contribution in [0, 0.1) is 6.92 Å². The molecule has 0 heterocycles. The van der Waals surface area contributed by atoms with Gasteiger partial charge >= 0.3 is 0 Å². The molecule has 0 aliphatic carbocycles. The van der Waals surface area contributed by atoms with Crippen LogP contribution in [0.5, 0.6) is 5.75 Å². The van der Waals surface area contributed by atoms with E-state index in [1.54, 1.807) is 24.3 Å². The largest absolute Gasteiger partial charge is 0.494 e. The Morgan fingerprint density at radius 3 is 2.38 bits per heavy atom. The minimum Gasteiger partial charge on any atom is -0.494 e. The SMILES string of the molecule is CC(=O)c1ccc(OCCCC(=O)Nc2c(C)cccc2C(C)C)cc1. The fourth-order valence-corrected chi connectivity index (χ4v) is 2.75. The Labute approximate surface area is 155 Å². The summed E-state index contributed by atoms with van der Waals surface area (Å²) in [5, 5.41) is 3.05. The average molecular weight is 353 g/mol. The first-order valence-corrected chi connectivity index (χ1v) is 9.01. The third-order valence-corrected chi connectivity index (χ3v) is 4.27. The van der Waals surface area contributed by atoms with E-state index in [9.17, 15) is 9.59 Å². The van der Waals surface area contributed by atoms with Crippen LogP contribution in [0.1, 0.15) is 61.0 Å². The number of carbonyl (C=O) groups is 2. The molecule has 138 valence electrons. The molecule has 0 bridgehead atoms. The van der Waals surface area contributed by atoms with Gasteiger partial charge in [0.05, 0.1) is 6.61 Å². The number of para-hydroxylation sites is 1. The Morgan fingerprint density at radius 2 is 1.77 bits per heavy atom. The fourth-order valence-electron chi connectivity index (χ4n) is 2.75. The van der Waals surface area contributed by atoms with E-state index in [4.69, 9.17) is 4.74 Å². The summed E-state index contributed by atoms with van der Waals surface area (Å²) in [4.78, 5) is 23.5. The number of hydrogen-bond donors (Lipinski definition) is 1. The number of ether oxygens (including phenoxy) is 1. The highest BCUT2D eigenvalue weighted by molar-refractivity contribution is 5.94. The lowest BCUT2D eigenvalue weighted by Gasteiger charge is -2.16. The second-order valence-electron chi connectivity index (χ2n) is 6.77. The van der Waals surface area contributed by atoms with E-state index in [0.717, 1.165) is 16.8 Å². The van der Waals surface area contributed by atoms with Gasteiger partial charge in [-0.1, -0.05) is 32.0 Å². The van der Waals surface area contributed by atoms with Gasteiger partial charge in [0.1, 0.15) is 5.75 Å². The first kappa shape index (κ1) is 19.7. The lowest BCUT2D eigenvalue weighted by Crippen LogP contribution is -2.15. The van der Waals surface area contributed by atoms with Gasteiger partial charge in [0, 0.05) is 17.7 Å². The molecule has 1 amide bonds. The van der Waals surface area contributed by atoms with Gasteiger partial charge in [-0.25, -0.2) is 0 Å². The molecule has 2 aromatic rings. The second-order valence-corrected chi connectivity index (χ2v) is 6.77. The summed E-state index contributed by atoms with van der Waals surface area (Å²) < 4.78 is 5.64. The smallest absolute Gasteiger partial charge is 0.224 e. The van der Waals surface area contributed by atoms with Crippen LogP contribution in [-0.4, -0.2) is 18.3 Å². The monoisotopic (exact) mass is 353 g/mol. The van der Waals surface area contributed by atoms with Crippen LogP contribution in [0.25, 0.3) is 0 Å². The molecule has 4 nitrogen and oxygen atoms in total. The van der Waals surface area contributed by atoms with Crippen LogP contribution >= 0.6 is 0 Å². The number of Topliss-reactive ketones (excluding diaryl/α,β-unsaturated/α-hetero) is 1. The highest BCUT2D eigenvalue weighted by atomic mass is 16.5. The van der Waals surface area contributed by atoms with Crippen LogP contribution in [0.3, 0.4) is 0 Å². The van der Waals surface area contributed by atoms with Gasteiger partial charge in [-0.05, 0) is 61.6 Å². The molecule has 0 unspecified atom stereocenters. The van der Waals surface area contributed by atoms with Crippen molar-refractivity contribution in [3.8, 4) is 5.75 Å². The molecule has 0 saturated heterocycles. The van der Waals surface area contributed by atoms with E-state index in [1.807, 2.05) is 19.1 Å². The standard InChI is InChI=1S/C22H27NO3/c1-15(2)20-8-5-7-16(3)22(20)23-21(25)9-6-14-26-19-12-10-18(11-13-19)17(4)24/h5,7-8,10-13,15H,6,9,14H2,1-4H3,(H,23,25). The number of benzene rings is 2. The Kier molecular flexibility index (Phi) is 6.96. The zero-order chi connectivity index (χ0) is 19.1. The van der Waals surface area contributed by atoms with Crippen molar-refractivity contribution in [3.05, 3.63) is 59.2 Å². The second kappa shape index (κ2) is 9.18. The molecule has 1 N–H and O–H groups in total. The van der Waals surface area contributed by atoms with Crippen LogP contribution < -0.4 is 10.1 Å². The third kappa shape index (κ3) is 5.45. The van der Waals surface area contributed by atoms with Crippen LogP contribution in [0.2, 0.25) is 0 Å². The van der Waals surface area contributed by atoms with E-state index in [-0.39, 0.29) is 11.7 Å². The molecule has 26 heavy (non-hydrogen) atoms. The number of aryl methyl sites for hydroxylation is 1. The summed E-state index contributed by atoms with van der Waals surface area (Å²) >= 11 is 0. The predicted octanol–water partition coefficient (Wildman–Crippen LogP) is 5.12. The molecule has 0 fully saturated rings. The predicted molar refractivity (Wildman–Crippen MR) is 105 cm³/mol. The number of hydrogen-bond acceptors (Lipinski definition) is 3. The molecular weight excluding hydrogens is 326 g/mol. The van der Waals surface area contributed by atoms with Crippen molar-refractivity contribution in [3.63, 3.8) is 0 Å². The number of rotatable bonds is 8. The van der Waals surface area contributed by atoms with Gasteiger partial charge in [-0.3, -0.25) is 9.59 Å². The first-order chi connectivity index (χ1) is 12.4. The van der Waals surface area contributed by atoms with Gasteiger partial charge in [0.15, 0.2) is 5.78 Å². The highest BCUT2D eigenvalue weighted by Crippen LogP contribution is 2.27. The van der Waals surface area contributed by atoms with E-state index in [2.05, 4.69) is 25.2 Å². The minimum absolute atomic E-state index is 0.00303. The maximum Gasteiger partial charge on any atom is 0.224 e. The van der Waals surface area contributed by atoms with E-state index in [0.29, 0.717) is 36.7 Å². The first-order valence-electron chi connectivity index (χ1n) is 9.01. The van der Waals surface area contributed by atoms with Gasteiger partial charge in [0.2, 0.25) is 5.91 Å². The van der Waals surface area contributed by atoms with Crippen molar-refractivity contribution in [2.24, 2.45) is 0 Å². The van der Waals surface area contributed by atoms with Crippen LogP contribution in [-0.2, 0) is 4.79 Å². The average Bonchev–Trinajstić information content (AvgIpc) is 2.60. The molecule has 0 atom stereocenters. The quantitative estimate of drug-likeness (QED) is 0.529. The zero-order valence-corrected chi connectivity index (χ0v) is 16.0. The Hall–Kier alpha value is -2.62. The van der Waals surface area contributed by atoms with Crippen LogP contribution in [0.15, 0.2) is 42.5 Å². The Balaban J connectivity index is 1.82. The molecular formula is C22H27NO3. The Bertz CT molecular complexity index is 763. The highest BCUT2D eigenvalue weighted by Gasteiger charge is 2.12. The number of amides is 1. The van der Waals surface area contributed by atoms with E-state index >= 15 is 0 Å². The summed E-state index contributed by atoms with van der Waals surface area (Å²) in [7, 11) is 0. The lowest BCUT2D eigenvalue weighted by atomic mass is 9.98. The Morgan fingerprint density at radius 1 is 1.08 bits per heavy atom. The molecule has 0 saturated carbocycles. The molecule has 0 aliphatic heterocycles. The maximum absolute atomic E-state index is 12.3. The minimum atomic E-state index is -0.00303. The zero-order valence-electron chi connectivity index (χ0n) is 16.0. The molecule has 2 aromatic carbocycles. The summed E-state index contributed by atoms with van der Waals surface area (Å²) in [6.07, 6.45) is 1.03. The molecule has 0 aliphatic rings. The molecule has 2 rings (SSSR count). The lowest BCUT2D eigenvalue weighted by molar-refractivity contribution is -0.116. The number of carbonyl (C=O) groups excluding carboxylic acids is 2. The van der Waals surface area contributed by atoms with Gasteiger partial charge in [-0.2, -0.15) is 0 Å². The van der Waals surface area contributed by atoms with Crippen molar-refractivity contribution in [1.29, 1.82) is 0 Å². The van der Waals surface area contributed by atoms with Crippen molar-refractivity contribution < 1.29 is 14.3 Å².